The third-order valence-electron chi connectivity index (χ3n) is 5.56. The largest absolute Gasteiger partial charge is 0.573 e. The molecule has 1 aliphatic carbocycles. The molecule has 3 atom stereocenters. The van der Waals surface area contributed by atoms with Crippen molar-refractivity contribution in [3.8, 4) is 11.5 Å². The Morgan fingerprint density at radius 2 is 1.86 bits per heavy atom. The number of rotatable bonds is 7. The highest BCUT2D eigenvalue weighted by atomic mass is 19.4. The van der Waals surface area contributed by atoms with Gasteiger partial charge in [0.15, 0.2) is 0 Å². The highest BCUT2D eigenvalue weighted by Gasteiger charge is 2.44. The van der Waals surface area contributed by atoms with Gasteiger partial charge in [0.05, 0.1) is 12.7 Å². The first-order valence-corrected chi connectivity index (χ1v) is 9.52. The van der Waals surface area contributed by atoms with Crippen LogP contribution in [0.2, 0.25) is 0 Å². The number of nitrogens with zero attached hydrogens (tertiary/aromatic N) is 3. The Kier molecular flexibility index (Phi) is 6.36. The van der Waals surface area contributed by atoms with E-state index in [1.807, 2.05) is 0 Å². The molecule has 3 rings (SSSR count). The van der Waals surface area contributed by atoms with Gasteiger partial charge in [-0.2, -0.15) is 5.10 Å². The SMILES string of the molecule is COC1[C@@H](Cn2cncn2)[C@H](COc2ccc(OC(F)(F)F)cc2)CCC1(C)C. The summed E-state index contributed by atoms with van der Waals surface area (Å²) in [6, 6.07) is 5.46. The Balaban J connectivity index is 1.67. The highest BCUT2D eigenvalue weighted by molar-refractivity contribution is 5.31. The van der Waals surface area contributed by atoms with E-state index in [0.29, 0.717) is 18.9 Å². The first-order valence-electron chi connectivity index (χ1n) is 9.52. The van der Waals surface area contributed by atoms with E-state index in [2.05, 4.69) is 28.7 Å². The zero-order valence-electron chi connectivity index (χ0n) is 16.7. The molecule has 0 saturated heterocycles. The monoisotopic (exact) mass is 413 g/mol. The van der Waals surface area contributed by atoms with Crippen LogP contribution in [0.5, 0.6) is 11.5 Å². The van der Waals surface area contributed by atoms with E-state index < -0.39 is 6.36 Å². The van der Waals surface area contributed by atoms with Crippen LogP contribution in [0.25, 0.3) is 0 Å². The van der Waals surface area contributed by atoms with E-state index in [1.54, 1.807) is 18.1 Å². The fraction of sp³-hybridized carbons (Fsp3) is 0.600. The lowest BCUT2D eigenvalue weighted by Gasteiger charge is -2.47. The van der Waals surface area contributed by atoms with Gasteiger partial charge in [-0.15, -0.1) is 13.2 Å². The van der Waals surface area contributed by atoms with Crippen LogP contribution in [0.15, 0.2) is 36.9 Å². The van der Waals surface area contributed by atoms with Gasteiger partial charge < -0.3 is 14.2 Å². The molecule has 9 heteroatoms. The summed E-state index contributed by atoms with van der Waals surface area (Å²) in [5.74, 6) is 0.604. The number of aromatic nitrogens is 3. The van der Waals surface area contributed by atoms with Crippen molar-refractivity contribution in [3.05, 3.63) is 36.9 Å². The number of methoxy groups -OCH3 is 1. The average Bonchev–Trinajstić information content (AvgIpc) is 3.14. The van der Waals surface area contributed by atoms with Crippen molar-refractivity contribution in [2.45, 2.75) is 45.7 Å². The minimum absolute atomic E-state index is 0.0209. The van der Waals surface area contributed by atoms with Crippen LogP contribution < -0.4 is 9.47 Å². The van der Waals surface area contributed by atoms with Gasteiger partial charge in [-0.05, 0) is 42.5 Å². The normalized spacial score (nSPS) is 24.3. The summed E-state index contributed by atoms with van der Waals surface area (Å²) in [7, 11) is 1.73. The fourth-order valence-corrected chi connectivity index (χ4v) is 4.17. The molecule has 1 unspecified atom stereocenters. The van der Waals surface area contributed by atoms with Gasteiger partial charge in [0, 0.05) is 25.5 Å². The van der Waals surface area contributed by atoms with Gasteiger partial charge in [0.1, 0.15) is 24.2 Å². The Morgan fingerprint density at radius 1 is 1.17 bits per heavy atom. The van der Waals surface area contributed by atoms with Crippen molar-refractivity contribution >= 4 is 0 Å². The zero-order valence-corrected chi connectivity index (χ0v) is 16.7. The van der Waals surface area contributed by atoms with Crippen molar-refractivity contribution in [1.29, 1.82) is 0 Å². The molecule has 160 valence electrons. The number of benzene rings is 1. The van der Waals surface area contributed by atoms with E-state index in [4.69, 9.17) is 9.47 Å². The summed E-state index contributed by atoms with van der Waals surface area (Å²) in [5.41, 5.74) is 0.0209. The van der Waals surface area contributed by atoms with Crippen molar-refractivity contribution in [1.82, 2.24) is 14.8 Å². The molecule has 2 aromatic rings. The van der Waals surface area contributed by atoms with Crippen molar-refractivity contribution in [2.75, 3.05) is 13.7 Å². The van der Waals surface area contributed by atoms with E-state index in [9.17, 15) is 13.2 Å². The first kappa shape index (κ1) is 21.4. The molecule has 0 amide bonds. The fourth-order valence-electron chi connectivity index (χ4n) is 4.17. The molecule has 1 aromatic heterocycles. The lowest BCUT2D eigenvalue weighted by molar-refractivity contribution is -0.274. The Hall–Kier alpha value is -2.29. The molecule has 0 radical (unpaired) electrons. The highest BCUT2D eigenvalue weighted by Crippen LogP contribution is 2.44. The maximum atomic E-state index is 12.3. The molecule has 6 nitrogen and oxygen atoms in total. The van der Waals surface area contributed by atoms with Gasteiger partial charge in [-0.25, -0.2) is 4.98 Å². The third-order valence-corrected chi connectivity index (χ3v) is 5.56. The van der Waals surface area contributed by atoms with Crippen molar-refractivity contribution in [3.63, 3.8) is 0 Å². The molecular weight excluding hydrogens is 387 g/mol. The van der Waals surface area contributed by atoms with Crippen LogP contribution in [-0.2, 0) is 11.3 Å². The van der Waals surface area contributed by atoms with E-state index in [-0.39, 0.29) is 29.1 Å². The number of ether oxygens (including phenoxy) is 3. The van der Waals surface area contributed by atoms with Gasteiger partial charge in [0.2, 0.25) is 0 Å². The smallest absolute Gasteiger partial charge is 0.493 e. The number of hydrogen-bond donors (Lipinski definition) is 0. The number of alkyl halides is 3. The molecule has 1 heterocycles. The average molecular weight is 413 g/mol. The summed E-state index contributed by atoms with van der Waals surface area (Å²) in [4.78, 5) is 4.01. The van der Waals surface area contributed by atoms with E-state index in [1.165, 1.54) is 30.6 Å². The summed E-state index contributed by atoms with van der Waals surface area (Å²) >= 11 is 0. The molecule has 0 aliphatic heterocycles. The second-order valence-corrected chi connectivity index (χ2v) is 8.06. The second-order valence-electron chi connectivity index (χ2n) is 8.06. The third kappa shape index (κ3) is 5.62. The zero-order chi connectivity index (χ0) is 21.1. The van der Waals surface area contributed by atoms with Crippen LogP contribution in [-0.4, -0.2) is 40.9 Å². The second kappa shape index (κ2) is 8.61. The molecule has 1 fully saturated rings. The van der Waals surface area contributed by atoms with Crippen LogP contribution in [0.1, 0.15) is 26.7 Å². The summed E-state index contributed by atoms with van der Waals surface area (Å²) in [6.07, 6.45) is 0.461. The molecule has 1 saturated carbocycles. The molecule has 0 spiro atoms. The molecule has 1 aliphatic rings. The minimum atomic E-state index is -4.71. The predicted octanol–water partition coefficient (Wildman–Crippen LogP) is 4.32. The predicted molar refractivity (Wildman–Crippen MR) is 99.4 cm³/mol. The summed E-state index contributed by atoms with van der Waals surface area (Å²) < 4.78 is 54.3. The Bertz CT molecular complexity index is 764. The standard InChI is InChI=1S/C20H26F3N3O3/c1-19(2)9-8-14(17(18(19)27-3)10-26-13-24-12-25-26)11-28-15-4-6-16(7-5-15)29-20(21,22)23/h4-7,12-14,17-18H,8-11H2,1-3H3/t14-,17-,18?/m0/s1. The topological polar surface area (TPSA) is 58.4 Å². The number of hydrogen-bond acceptors (Lipinski definition) is 5. The molecule has 0 N–H and O–H groups in total. The maximum absolute atomic E-state index is 12.3. The summed E-state index contributed by atoms with van der Waals surface area (Å²) in [6.45, 7) is 5.50. The molecule has 0 bridgehead atoms. The lowest BCUT2D eigenvalue weighted by Crippen LogP contribution is -2.48. The lowest BCUT2D eigenvalue weighted by atomic mass is 9.65. The minimum Gasteiger partial charge on any atom is -0.493 e. The summed E-state index contributed by atoms with van der Waals surface area (Å²) in [5, 5.41) is 4.22. The quantitative estimate of drug-likeness (QED) is 0.677. The van der Waals surface area contributed by atoms with Crippen LogP contribution in [0.3, 0.4) is 0 Å². The first-order chi connectivity index (χ1) is 13.7. The van der Waals surface area contributed by atoms with Crippen LogP contribution in [0.4, 0.5) is 13.2 Å². The van der Waals surface area contributed by atoms with Gasteiger partial charge in [-0.3, -0.25) is 4.68 Å². The van der Waals surface area contributed by atoms with Gasteiger partial charge >= 0.3 is 6.36 Å². The molecule has 1 aromatic carbocycles. The van der Waals surface area contributed by atoms with Gasteiger partial charge in [0.25, 0.3) is 0 Å². The number of halogens is 3. The van der Waals surface area contributed by atoms with Crippen LogP contribution in [0, 0.1) is 17.3 Å². The Labute approximate surface area is 168 Å². The maximum Gasteiger partial charge on any atom is 0.573 e. The van der Waals surface area contributed by atoms with Gasteiger partial charge in [-0.1, -0.05) is 13.8 Å². The van der Waals surface area contributed by atoms with E-state index >= 15 is 0 Å². The molecule has 29 heavy (non-hydrogen) atoms. The van der Waals surface area contributed by atoms with Crippen molar-refractivity contribution < 1.29 is 27.4 Å². The van der Waals surface area contributed by atoms with Crippen molar-refractivity contribution in [2.24, 2.45) is 17.3 Å². The molecular formula is C20H26F3N3O3. The van der Waals surface area contributed by atoms with Crippen LogP contribution >= 0.6 is 0 Å². The Morgan fingerprint density at radius 3 is 2.45 bits per heavy atom. The van der Waals surface area contributed by atoms with E-state index in [0.717, 1.165) is 12.8 Å².